The summed E-state index contributed by atoms with van der Waals surface area (Å²) in [6.07, 6.45) is 6.23. The van der Waals surface area contributed by atoms with Gasteiger partial charge in [0.1, 0.15) is 0 Å². The van der Waals surface area contributed by atoms with Crippen LogP contribution in [0.4, 0.5) is 5.69 Å². The third kappa shape index (κ3) is 5.31. The van der Waals surface area contributed by atoms with Crippen LogP contribution in [0.3, 0.4) is 0 Å². The molecule has 0 saturated heterocycles. The van der Waals surface area contributed by atoms with Crippen molar-refractivity contribution in [2.45, 2.75) is 24.9 Å². The number of para-hydroxylation sites is 1. The maximum Gasteiger partial charge on any atom is 0.334 e. The van der Waals surface area contributed by atoms with Crippen LogP contribution in [0.15, 0.2) is 84.9 Å². The summed E-state index contributed by atoms with van der Waals surface area (Å²) in [6.45, 7) is 2.52. The molecule has 0 aliphatic carbocycles. The van der Waals surface area contributed by atoms with Crippen LogP contribution in [-0.4, -0.2) is 19.1 Å². The van der Waals surface area contributed by atoms with Crippen LogP contribution in [0, 0.1) is 12.3 Å². The predicted octanol–water partition coefficient (Wildman–Crippen LogP) is 5.56. The zero-order chi connectivity index (χ0) is 22.8. The number of hydrogen-bond acceptors (Lipinski definition) is 4. The third-order valence-electron chi connectivity index (χ3n) is 5.21. The van der Waals surface area contributed by atoms with Gasteiger partial charge in [0.05, 0.1) is 6.04 Å². The largest absolute Gasteiger partial charge is 0.451 e. The van der Waals surface area contributed by atoms with Gasteiger partial charge in [-0.05, 0) is 48.4 Å². The van der Waals surface area contributed by atoms with E-state index in [1.807, 2.05) is 72.8 Å². The fraction of sp³-hybridized carbons (Fsp3) is 0.222. The number of halogens is 1. The van der Waals surface area contributed by atoms with Gasteiger partial charge in [-0.1, -0.05) is 85.1 Å². The first-order chi connectivity index (χ1) is 15.6. The summed E-state index contributed by atoms with van der Waals surface area (Å²) in [5.41, 5.74) is 1.28. The highest BCUT2D eigenvalue weighted by Gasteiger charge is 2.49. The summed E-state index contributed by atoms with van der Waals surface area (Å²) in [4.78, 5) is 13.8. The van der Waals surface area contributed by atoms with Crippen molar-refractivity contribution in [3.63, 3.8) is 0 Å². The second-order valence-corrected chi connectivity index (χ2v) is 7.81. The zero-order valence-corrected chi connectivity index (χ0v) is 18.8. The van der Waals surface area contributed by atoms with Crippen molar-refractivity contribution in [3.8, 4) is 12.3 Å². The number of carbonyl (C=O) groups is 1. The summed E-state index contributed by atoms with van der Waals surface area (Å²) in [6, 6.07) is 26.4. The highest BCUT2D eigenvalue weighted by Crippen LogP contribution is 2.39. The number of nitrogens with one attached hydrogen (secondary N) is 2. The lowest BCUT2D eigenvalue weighted by Crippen LogP contribution is -2.56. The average Bonchev–Trinajstić information content (AvgIpc) is 2.84. The van der Waals surface area contributed by atoms with Gasteiger partial charge in [0, 0.05) is 10.7 Å². The molecular weight excluding hydrogens is 420 g/mol. The first-order valence-corrected chi connectivity index (χ1v) is 11.0. The Morgan fingerprint density at radius 3 is 2.25 bits per heavy atom. The molecule has 3 aromatic carbocycles. The summed E-state index contributed by atoms with van der Waals surface area (Å²) >= 11 is 6.18. The quantitative estimate of drug-likeness (QED) is 0.316. The molecule has 0 bridgehead atoms. The smallest absolute Gasteiger partial charge is 0.334 e. The van der Waals surface area contributed by atoms with Crippen LogP contribution in [0.1, 0.15) is 30.5 Å². The molecule has 0 aromatic heterocycles. The number of rotatable bonds is 10. The molecule has 2 N–H and O–H groups in total. The van der Waals surface area contributed by atoms with Gasteiger partial charge in [-0.25, -0.2) is 4.79 Å². The van der Waals surface area contributed by atoms with Crippen LogP contribution in [0.2, 0.25) is 5.02 Å². The number of ether oxygens (including phenoxy) is 1. The second-order valence-electron chi connectivity index (χ2n) is 7.38. The first-order valence-electron chi connectivity index (χ1n) is 10.6. The minimum Gasteiger partial charge on any atom is -0.451 e. The maximum atomic E-state index is 13.8. The van der Waals surface area contributed by atoms with Gasteiger partial charge in [-0.15, -0.1) is 6.42 Å². The van der Waals surface area contributed by atoms with E-state index in [4.69, 9.17) is 22.8 Å². The fourth-order valence-corrected chi connectivity index (χ4v) is 3.85. The standard InChI is InChI=1S/C27H27ClN2O2/c1-3-19-29-27(26(31)32-20-4-2,22-15-17-23(28)18-16-22)25(21-11-7-5-8-12-21)30-24-13-9-6-10-14-24/h2,5-18,25,29-30H,3,19-20H2,1H3/t25-,27+/m0/s1. The Hall–Kier alpha value is -3.26. The molecule has 0 heterocycles. The zero-order valence-electron chi connectivity index (χ0n) is 18.1. The van der Waals surface area contributed by atoms with E-state index in [1.54, 1.807) is 12.1 Å². The van der Waals surface area contributed by atoms with Crippen molar-refractivity contribution >= 4 is 23.3 Å². The van der Waals surface area contributed by atoms with E-state index in [0.717, 1.165) is 23.2 Å². The molecule has 0 saturated carbocycles. The minimum absolute atomic E-state index is 0.116. The van der Waals surface area contributed by atoms with Crippen LogP contribution in [-0.2, 0) is 15.1 Å². The van der Waals surface area contributed by atoms with Gasteiger partial charge in [-0.2, -0.15) is 0 Å². The molecule has 32 heavy (non-hydrogen) atoms. The van der Waals surface area contributed by atoms with Crippen molar-refractivity contribution in [2.24, 2.45) is 0 Å². The molecule has 0 spiro atoms. The van der Waals surface area contributed by atoms with E-state index in [-0.39, 0.29) is 6.61 Å². The van der Waals surface area contributed by atoms with Crippen LogP contribution in [0.5, 0.6) is 0 Å². The summed E-state index contributed by atoms with van der Waals surface area (Å²) in [5.74, 6) is 1.95. The average molecular weight is 447 g/mol. The van der Waals surface area contributed by atoms with Gasteiger partial charge < -0.3 is 10.1 Å². The van der Waals surface area contributed by atoms with Crippen LogP contribution >= 0.6 is 11.6 Å². The highest BCUT2D eigenvalue weighted by atomic mass is 35.5. The molecular formula is C27H27ClN2O2. The number of anilines is 1. The van der Waals surface area contributed by atoms with E-state index in [1.165, 1.54) is 0 Å². The Kier molecular flexibility index (Phi) is 8.33. The van der Waals surface area contributed by atoms with Gasteiger partial charge in [0.15, 0.2) is 12.1 Å². The third-order valence-corrected chi connectivity index (χ3v) is 5.46. The van der Waals surface area contributed by atoms with Gasteiger partial charge in [-0.3, -0.25) is 5.32 Å². The number of terminal acetylenes is 1. The Morgan fingerprint density at radius 2 is 1.66 bits per heavy atom. The molecule has 2 atom stereocenters. The lowest BCUT2D eigenvalue weighted by molar-refractivity contribution is -0.151. The summed E-state index contributed by atoms with van der Waals surface area (Å²) < 4.78 is 5.57. The van der Waals surface area contributed by atoms with E-state index in [2.05, 4.69) is 23.5 Å². The van der Waals surface area contributed by atoms with E-state index in [9.17, 15) is 4.79 Å². The molecule has 0 fully saturated rings. The van der Waals surface area contributed by atoms with Gasteiger partial charge >= 0.3 is 5.97 Å². The summed E-state index contributed by atoms with van der Waals surface area (Å²) in [7, 11) is 0. The minimum atomic E-state index is -1.26. The monoisotopic (exact) mass is 446 g/mol. The molecule has 0 unspecified atom stereocenters. The number of hydrogen-bond donors (Lipinski definition) is 2. The molecule has 0 aliphatic rings. The molecule has 3 aromatic rings. The lowest BCUT2D eigenvalue weighted by atomic mass is 9.78. The van der Waals surface area contributed by atoms with Crippen LogP contribution < -0.4 is 10.6 Å². The SMILES string of the molecule is C#CCOC(=O)[C@@](NCCC)(c1ccc(Cl)cc1)[C@@H](Nc1ccccc1)c1ccccc1. The second kappa shape index (κ2) is 11.4. The van der Waals surface area contributed by atoms with Crippen molar-refractivity contribution in [1.29, 1.82) is 0 Å². The molecule has 3 rings (SSSR count). The Balaban J connectivity index is 2.24. The van der Waals surface area contributed by atoms with Crippen molar-refractivity contribution in [1.82, 2.24) is 5.32 Å². The molecule has 0 amide bonds. The Labute approximate surface area is 195 Å². The molecule has 164 valence electrons. The number of carbonyl (C=O) groups excluding carboxylic acids is 1. The maximum absolute atomic E-state index is 13.8. The molecule has 0 radical (unpaired) electrons. The van der Waals surface area contributed by atoms with E-state index in [0.29, 0.717) is 11.6 Å². The van der Waals surface area contributed by atoms with Gasteiger partial charge in [0.2, 0.25) is 0 Å². The Bertz CT molecular complexity index is 1030. The molecule has 5 heteroatoms. The highest BCUT2D eigenvalue weighted by molar-refractivity contribution is 6.30. The number of esters is 1. The Morgan fingerprint density at radius 1 is 1.03 bits per heavy atom. The van der Waals surface area contributed by atoms with Crippen molar-refractivity contribution in [2.75, 3.05) is 18.5 Å². The summed E-state index contributed by atoms with van der Waals surface area (Å²) in [5, 5.41) is 7.65. The normalized spacial score (nSPS) is 13.4. The van der Waals surface area contributed by atoms with Crippen LogP contribution in [0.25, 0.3) is 0 Å². The fourth-order valence-electron chi connectivity index (χ4n) is 3.72. The predicted molar refractivity (Wildman–Crippen MR) is 130 cm³/mol. The topological polar surface area (TPSA) is 50.4 Å². The lowest BCUT2D eigenvalue weighted by Gasteiger charge is -2.41. The van der Waals surface area contributed by atoms with Gasteiger partial charge in [0.25, 0.3) is 0 Å². The number of benzene rings is 3. The van der Waals surface area contributed by atoms with Crippen molar-refractivity contribution in [3.05, 3.63) is 101 Å². The van der Waals surface area contributed by atoms with Crippen molar-refractivity contribution < 1.29 is 9.53 Å². The van der Waals surface area contributed by atoms with E-state index < -0.39 is 17.6 Å². The molecule has 4 nitrogen and oxygen atoms in total. The first kappa shape index (κ1) is 23.4. The molecule has 0 aliphatic heterocycles. The van der Waals surface area contributed by atoms with E-state index >= 15 is 0 Å².